The highest BCUT2D eigenvalue weighted by molar-refractivity contribution is 7.92. The Morgan fingerprint density at radius 1 is 1.03 bits per heavy atom. The molecule has 2 aromatic carbocycles. The summed E-state index contributed by atoms with van der Waals surface area (Å²) >= 11 is 12.4. The van der Waals surface area contributed by atoms with E-state index in [-0.39, 0.29) is 34.2 Å². The lowest BCUT2D eigenvalue weighted by molar-refractivity contribution is -0.140. The van der Waals surface area contributed by atoms with Gasteiger partial charge >= 0.3 is 0 Å². The number of carbonyl (C=O) groups excluding carboxylic acids is 2. The normalized spacial score (nSPS) is 13.1. The van der Waals surface area contributed by atoms with Gasteiger partial charge in [-0.3, -0.25) is 13.9 Å². The molecule has 2 aromatic rings. The molecule has 2 atom stereocenters. The molecule has 0 saturated carbocycles. The zero-order chi connectivity index (χ0) is 26.3. The fourth-order valence-electron chi connectivity index (χ4n) is 3.53. The molecule has 0 aliphatic rings. The largest absolute Gasteiger partial charge is 0.352 e. The maximum atomic E-state index is 13.7. The van der Waals surface area contributed by atoms with Crippen molar-refractivity contribution in [3.63, 3.8) is 0 Å². The Balaban J connectivity index is 2.47. The Labute approximate surface area is 218 Å². The number of halogens is 2. The molecule has 0 spiro atoms. The van der Waals surface area contributed by atoms with Crippen molar-refractivity contribution in [2.75, 3.05) is 17.1 Å². The van der Waals surface area contributed by atoms with Crippen molar-refractivity contribution < 1.29 is 18.0 Å². The van der Waals surface area contributed by atoms with Crippen molar-refractivity contribution in [2.45, 2.75) is 59.2 Å². The summed E-state index contributed by atoms with van der Waals surface area (Å²) in [4.78, 5) is 28.2. The first-order chi connectivity index (χ1) is 16.4. The minimum absolute atomic E-state index is 0.0269. The maximum Gasteiger partial charge on any atom is 0.244 e. The molecule has 0 radical (unpaired) electrons. The van der Waals surface area contributed by atoms with E-state index in [0.29, 0.717) is 6.42 Å². The Morgan fingerprint density at radius 3 is 2.20 bits per heavy atom. The molecule has 0 aromatic heterocycles. The van der Waals surface area contributed by atoms with Crippen LogP contribution < -0.4 is 9.62 Å². The molecule has 7 nitrogen and oxygen atoms in total. The van der Waals surface area contributed by atoms with Gasteiger partial charge in [-0.25, -0.2) is 8.42 Å². The molecule has 35 heavy (non-hydrogen) atoms. The molecule has 0 heterocycles. The number of aryl methyl sites for hydroxylation is 1. The highest BCUT2D eigenvalue weighted by Crippen LogP contribution is 2.33. The van der Waals surface area contributed by atoms with Crippen LogP contribution in [0.3, 0.4) is 0 Å². The Morgan fingerprint density at radius 2 is 1.66 bits per heavy atom. The van der Waals surface area contributed by atoms with E-state index in [9.17, 15) is 18.0 Å². The van der Waals surface area contributed by atoms with Crippen LogP contribution in [0.4, 0.5) is 5.69 Å². The van der Waals surface area contributed by atoms with Gasteiger partial charge in [-0.05, 0) is 44.4 Å². The van der Waals surface area contributed by atoms with Gasteiger partial charge in [-0.1, -0.05) is 72.9 Å². The van der Waals surface area contributed by atoms with Gasteiger partial charge in [-0.2, -0.15) is 0 Å². The molecule has 2 amide bonds. The van der Waals surface area contributed by atoms with Crippen LogP contribution in [0, 0.1) is 6.92 Å². The summed E-state index contributed by atoms with van der Waals surface area (Å²) in [6.45, 7) is 7.24. The van der Waals surface area contributed by atoms with Crippen molar-refractivity contribution in [3.05, 3.63) is 63.6 Å². The highest BCUT2D eigenvalue weighted by Gasteiger charge is 2.32. The van der Waals surface area contributed by atoms with Gasteiger partial charge in [0, 0.05) is 12.6 Å². The lowest BCUT2D eigenvalue weighted by Crippen LogP contribution is -2.53. The van der Waals surface area contributed by atoms with Crippen LogP contribution in [-0.2, 0) is 26.2 Å². The number of benzene rings is 2. The molecule has 0 aliphatic carbocycles. The van der Waals surface area contributed by atoms with E-state index >= 15 is 0 Å². The van der Waals surface area contributed by atoms with Crippen molar-refractivity contribution in [1.29, 1.82) is 0 Å². The quantitative estimate of drug-likeness (QED) is 0.443. The predicted octanol–water partition coefficient (Wildman–Crippen LogP) is 4.79. The summed E-state index contributed by atoms with van der Waals surface area (Å²) in [6, 6.07) is 11.4. The van der Waals surface area contributed by atoms with E-state index in [1.165, 1.54) is 17.0 Å². The number of rotatable bonds is 11. The van der Waals surface area contributed by atoms with Crippen LogP contribution >= 0.6 is 23.2 Å². The van der Waals surface area contributed by atoms with E-state index in [2.05, 4.69) is 5.32 Å². The van der Waals surface area contributed by atoms with E-state index in [0.717, 1.165) is 28.1 Å². The molecule has 192 valence electrons. The number of hydrogen-bond donors (Lipinski definition) is 1. The molecular formula is C25H33Cl2N3O4S. The average molecular weight is 543 g/mol. The Bertz CT molecular complexity index is 1140. The SMILES string of the molecule is CC[C@H](C(=O)N[C@@H](C)CC)N(Cc1ccc(C)cc1)C(=O)CN(c1cccc(Cl)c1Cl)S(C)(=O)=O. The summed E-state index contributed by atoms with van der Waals surface area (Å²) in [5.74, 6) is -0.813. The first-order valence-electron chi connectivity index (χ1n) is 11.5. The van der Waals surface area contributed by atoms with Crippen molar-refractivity contribution in [2.24, 2.45) is 0 Å². The van der Waals surface area contributed by atoms with Crippen LogP contribution in [0.15, 0.2) is 42.5 Å². The lowest BCUT2D eigenvalue weighted by Gasteiger charge is -2.33. The topological polar surface area (TPSA) is 86.8 Å². The minimum atomic E-state index is -3.90. The second-order valence-corrected chi connectivity index (χ2v) is 11.3. The van der Waals surface area contributed by atoms with Gasteiger partial charge in [0.1, 0.15) is 12.6 Å². The van der Waals surface area contributed by atoms with Crippen LogP contribution in [0.1, 0.15) is 44.7 Å². The monoisotopic (exact) mass is 541 g/mol. The average Bonchev–Trinajstić information content (AvgIpc) is 2.79. The maximum absolute atomic E-state index is 13.7. The second-order valence-electron chi connectivity index (χ2n) is 8.59. The number of nitrogens with zero attached hydrogens (tertiary/aromatic N) is 2. The molecule has 10 heteroatoms. The van der Waals surface area contributed by atoms with Gasteiger partial charge in [0.25, 0.3) is 0 Å². The molecule has 0 fully saturated rings. The van der Waals surface area contributed by atoms with Crippen LogP contribution in [0.5, 0.6) is 0 Å². The molecule has 0 bridgehead atoms. The first-order valence-corrected chi connectivity index (χ1v) is 14.1. The zero-order valence-electron chi connectivity index (χ0n) is 20.7. The number of anilines is 1. The molecule has 1 N–H and O–H groups in total. The number of nitrogens with one attached hydrogen (secondary N) is 1. The summed E-state index contributed by atoms with van der Waals surface area (Å²) in [7, 11) is -3.90. The van der Waals surface area contributed by atoms with E-state index in [1.54, 1.807) is 6.07 Å². The Hall–Kier alpha value is -2.29. The summed E-state index contributed by atoms with van der Waals surface area (Å²) in [6.07, 6.45) is 2.09. The number of carbonyl (C=O) groups is 2. The smallest absolute Gasteiger partial charge is 0.244 e. The molecule has 0 unspecified atom stereocenters. The molecule has 0 aliphatic heterocycles. The third-order valence-corrected chi connectivity index (χ3v) is 7.67. The fourth-order valence-corrected chi connectivity index (χ4v) is 4.83. The molecular weight excluding hydrogens is 509 g/mol. The number of amides is 2. The van der Waals surface area contributed by atoms with E-state index < -0.39 is 28.5 Å². The van der Waals surface area contributed by atoms with Gasteiger partial charge in [-0.15, -0.1) is 0 Å². The van der Waals surface area contributed by atoms with Gasteiger partial charge in [0.15, 0.2) is 0 Å². The number of hydrogen-bond acceptors (Lipinski definition) is 4. The number of sulfonamides is 1. The molecule has 2 rings (SSSR count). The van der Waals surface area contributed by atoms with Gasteiger partial charge in [0.2, 0.25) is 21.8 Å². The van der Waals surface area contributed by atoms with Gasteiger partial charge in [0.05, 0.1) is 22.0 Å². The third-order valence-electron chi connectivity index (χ3n) is 5.74. The standard InChI is InChI=1S/C25H33Cl2N3O4S/c1-6-18(4)28-25(32)21(7-2)29(15-19-13-11-17(3)12-14-19)23(31)16-30(35(5,33)34)22-10-8-9-20(26)24(22)27/h8-14,18,21H,6-7,15-16H2,1-5H3,(H,28,32)/t18-,21+/m0/s1. The fraction of sp³-hybridized carbons (Fsp3) is 0.440. The van der Waals surface area contributed by atoms with Gasteiger partial charge < -0.3 is 10.2 Å². The summed E-state index contributed by atoms with van der Waals surface area (Å²) < 4.78 is 26.3. The zero-order valence-corrected chi connectivity index (χ0v) is 23.0. The third kappa shape index (κ3) is 7.85. The highest BCUT2D eigenvalue weighted by atomic mass is 35.5. The van der Waals surface area contributed by atoms with E-state index in [1.807, 2.05) is 52.0 Å². The van der Waals surface area contributed by atoms with Crippen LogP contribution in [-0.4, -0.2) is 50.0 Å². The van der Waals surface area contributed by atoms with Crippen LogP contribution in [0.25, 0.3) is 0 Å². The minimum Gasteiger partial charge on any atom is -0.352 e. The predicted molar refractivity (Wildman–Crippen MR) is 142 cm³/mol. The van der Waals surface area contributed by atoms with E-state index in [4.69, 9.17) is 23.2 Å². The van der Waals surface area contributed by atoms with Crippen molar-refractivity contribution in [3.8, 4) is 0 Å². The first kappa shape index (κ1) is 28.9. The van der Waals surface area contributed by atoms with Crippen molar-refractivity contribution in [1.82, 2.24) is 10.2 Å². The summed E-state index contributed by atoms with van der Waals surface area (Å²) in [5.41, 5.74) is 1.99. The van der Waals surface area contributed by atoms with Crippen LogP contribution in [0.2, 0.25) is 10.0 Å². The second kappa shape index (κ2) is 12.6. The summed E-state index contributed by atoms with van der Waals surface area (Å²) in [5, 5.41) is 3.13. The Kier molecular flexibility index (Phi) is 10.4. The lowest BCUT2D eigenvalue weighted by atomic mass is 10.1. The van der Waals surface area contributed by atoms with Crippen molar-refractivity contribution >= 4 is 50.7 Å². The molecule has 0 saturated heterocycles.